The molecule has 3 heterocycles. The van der Waals surface area contributed by atoms with Crippen LogP contribution in [0.4, 0.5) is 16.3 Å². The van der Waals surface area contributed by atoms with Crippen LogP contribution in [0.5, 0.6) is 5.75 Å². The molecular formula is C25H29N7O3. The van der Waals surface area contributed by atoms with E-state index < -0.39 is 11.7 Å². The average molecular weight is 476 g/mol. The van der Waals surface area contributed by atoms with E-state index in [0.717, 1.165) is 35.2 Å². The van der Waals surface area contributed by atoms with Gasteiger partial charge in [0.05, 0.1) is 30.7 Å². The fourth-order valence-corrected chi connectivity index (χ4v) is 4.19. The van der Waals surface area contributed by atoms with Gasteiger partial charge in [-0.15, -0.1) is 0 Å². The number of benzene rings is 1. The standard InChI is InChI=1S/C25H29N7O3/c1-25(2,3)35-24(33)30-19-9-8-15(10-21(19)34-4)18-11-20(32-22(18)23(26)27-14-29-32)16-12-28-31(13-16)17-6-5-7-17/h8-14,17H,5-7H2,1-4H3,(H,30,33)(H2,26,27,29). The highest BCUT2D eigenvalue weighted by Crippen LogP contribution is 2.39. The van der Waals surface area contributed by atoms with Crippen LogP contribution in [0.1, 0.15) is 46.1 Å². The van der Waals surface area contributed by atoms with Gasteiger partial charge < -0.3 is 15.2 Å². The molecule has 1 aliphatic rings. The fraction of sp³-hybridized carbons (Fsp3) is 0.360. The van der Waals surface area contributed by atoms with Gasteiger partial charge in [-0.3, -0.25) is 10.00 Å². The third-order valence-electron chi connectivity index (χ3n) is 6.08. The van der Waals surface area contributed by atoms with Crippen molar-refractivity contribution in [2.24, 2.45) is 0 Å². The molecule has 0 bridgehead atoms. The van der Waals surface area contributed by atoms with Gasteiger partial charge in [0.25, 0.3) is 0 Å². The first kappa shape index (κ1) is 22.7. The van der Waals surface area contributed by atoms with Gasteiger partial charge in [-0.05, 0) is 63.8 Å². The highest BCUT2D eigenvalue weighted by atomic mass is 16.6. The third kappa shape index (κ3) is 4.39. The van der Waals surface area contributed by atoms with Crippen molar-refractivity contribution >= 4 is 23.1 Å². The number of nitrogens with two attached hydrogens (primary N) is 1. The van der Waals surface area contributed by atoms with E-state index >= 15 is 0 Å². The SMILES string of the molecule is COc1cc(-c2cc(-c3cnn(C4CCC4)c3)n3ncnc(N)c23)ccc1NC(=O)OC(C)(C)C. The lowest BCUT2D eigenvalue weighted by molar-refractivity contribution is 0.0635. The maximum Gasteiger partial charge on any atom is 0.412 e. The number of nitrogens with zero attached hydrogens (tertiary/aromatic N) is 5. The summed E-state index contributed by atoms with van der Waals surface area (Å²) < 4.78 is 14.8. The van der Waals surface area contributed by atoms with Crippen molar-refractivity contribution in [1.29, 1.82) is 0 Å². The van der Waals surface area contributed by atoms with E-state index in [1.807, 2.05) is 49.8 Å². The van der Waals surface area contributed by atoms with Gasteiger partial charge in [0.1, 0.15) is 23.2 Å². The van der Waals surface area contributed by atoms with Crippen molar-refractivity contribution in [3.8, 4) is 28.1 Å². The number of carbonyl (C=O) groups is 1. The maximum atomic E-state index is 12.3. The predicted octanol–water partition coefficient (Wildman–Crippen LogP) is 4.92. The average Bonchev–Trinajstić information content (AvgIpc) is 3.37. The zero-order valence-corrected chi connectivity index (χ0v) is 20.3. The van der Waals surface area contributed by atoms with Crippen LogP contribution in [0.15, 0.2) is 43.0 Å². The summed E-state index contributed by atoms with van der Waals surface area (Å²) in [7, 11) is 1.55. The molecule has 1 aliphatic carbocycles. The lowest BCUT2D eigenvalue weighted by atomic mass is 9.93. The molecule has 35 heavy (non-hydrogen) atoms. The van der Waals surface area contributed by atoms with Crippen molar-refractivity contribution in [3.05, 3.63) is 43.0 Å². The summed E-state index contributed by atoms with van der Waals surface area (Å²) in [6, 6.07) is 7.99. The number of fused-ring (bicyclic) bond motifs is 1. The highest BCUT2D eigenvalue weighted by molar-refractivity contribution is 5.94. The number of hydrogen-bond donors (Lipinski definition) is 2. The van der Waals surface area contributed by atoms with Crippen molar-refractivity contribution in [3.63, 3.8) is 0 Å². The third-order valence-corrected chi connectivity index (χ3v) is 6.08. The number of nitrogens with one attached hydrogen (secondary N) is 1. The molecule has 0 aliphatic heterocycles. The molecule has 1 amide bonds. The van der Waals surface area contributed by atoms with Crippen molar-refractivity contribution < 1.29 is 14.3 Å². The molecule has 0 saturated heterocycles. The molecule has 0 unspecified atom stereocenters. The number of nitrogen functional groups attached to an aromatic ring is 1. The van der Waals surface area contributed by atoms with Gasteiger partial charge in [0.15, 0.2) is 5.82 Å². The molecule has 4 aromatic rings. The Morgan fingerprint density at radius 3 is 2.66 bits per heavy atom. The van der Waals surface area contributed by atoms with E-state index in [2.05, 4.69) is 26.7 Å². The molecule has 0 atom stereocenters. The normalized spacial score (nSPS) is 14.1. The topological polar surface area (TPSA) is 122 Å². The number of amides is 1. The Hall–Kier alpha value is -4.08. The zero-order chi connectivity index (χ0) is 24.7. The lowest BCUT2D eigenvalue weighted by Gasteiger charge is -2.25. The number of methoxy groups -OCH3 is 1. The molecule has 10 heteroatoms. The number of anilines is 2. The van der Waals surface area contributed by atoms with E-state index in [9.17, 15) is 4.79 Å². The molecule has 182 valence electrons. The van der Waals surface area contributed by atoms with Crippen molar-refractivity contribution in [1.82, 2.24) is 24.4 Å². The summed E-state index contributed by atoms with van der Waals surface area (Å²) >= 11 is 0. The summed E-state index contributed by atoms with van der Waals surface area (Å²) in [5.41, 5.74) is 10.4. The summed E-state index contributed by atoms with van der Waals surface area (Å²) in [6.45, 7) is 5.43. The van der Waals surface area contributed by atoms with E-state index in [1.165, 1.54) is 12.7 Å². The van der Waals surface area contributed by atoms with Gasteiger partial charge in [0, 0.05) is 17.3 Å². The van der Waals surface area contributed by atoms with Crippen LogP contribution < -0.4 is 15.8 Å². The molecule has 0 spiro atoms. The second-order valence-corrected chi connectivity index (χ2v) is 9.68. The molecule has 1 aromatic carbocycles. The van der Waals surface area contributed by atoms with Gasteiger partial charge in [-0.2, -0.15) is 10.2 Å². The Morgan fingerprint density at radius 2 is 1.97 bits per heavy atom. The van der Waals surface area contributed by atoms with E-state index in [1.54, 1.807) is 17.7 Å². The molecule has 5 rings (SSSR count). The molecular weight excluding hydrogens is 446 g/mol. The molecule has 0 radical (unpaired) electrons. The summed E-state index contributed by atoms with van der Waals surface area (Å²) in [4.78, 5) is 16.5. The first-order valence-electron chi connectivity index (χ1n) is 11.6. The number of carbonyl (C=O) groups excluding carboxylic acids is 1. The Kier molecular flexibility index (Phi) is 5.58. The monoisotopic (exact) mass is 475 g/mol. The van der Waals surface area contributed by atoms with Gasteiger partial charge in [-0.25, -0.2) is 14.3 Å². The molecule has 10 nitrogen and oxygen atoms in total. The first-order valence-corrected chi connectivity index (χ1v) is 11.6. The second-order valence-electron chi connectivity index (χ2n) is 9.68. The molecule has 3 N–H and O–H groups in total. The Balaban J connectivity index is 1.54. The van der Waals surface area contributed by atoms with Crippen LogP contribution in [0.25, 0.3) is 27.9 Å². The minimum absolute atomic E-state index is 0.363. The molecule has 3 aromatic heterocycles. The molecule has 1 fully saturated rings. The Morgan fingerprint density at radius 1 is 1.17 bits per heavy atom. The summed E-state index contributed by atoms with van der Waals surface area (Å²) in [6.07, 6.45) is 8.35. The number of ether oxygens (including phenoxy) is 2. The van der Waals surface area contributed by atoms with E-state index in [-0.39, 0.29) is 0 Å². The largest absolute Gasteiger partial charge is 0.495 e. The van der Waals surface area contributed by atoms with E-state index in [4.69, 9.17) is 15.2 Å². The first-order chi connectivity index (χ1) is 16.7. The number of rotatable bonds is 5. The van der Waals surface area contributed by atoms with Crippen molar-refractivity contribution in [2.75, 3.05) is 18.2 Å². The van der Waals surface area contributed by atoms with Crippen LogP contribution in [-0.2, 0) is 4.74 Å². The number of aromatic nitrogens is 5. The van der Waals surface area contributed by atoms with Crippen LogP contribution in [-0.4, -0.2) is 43.2 Å². The minimum Gasteiger partial charge on any atom is -0.495 e. The molecule has 1 saturated carbocycles. The zero-order valence-electron chi connectivity index (χ0n) is 20.3. The lowest BCUT2D eigenvalue weighted by Crippen LogP contribution is -2.27. The Labute approximate surface area is 203 Å². The van der Waals surface area contributed by atoms with E-state index in [0.29, 0.717) is 28.8 Å². The quantitative estimate of drug-likeness (QED) is 0.420. The van der Waals surface area contributed by atoms with Crippen LogP contribution in [0, 0.1) is 0 Å². The predicted molar refractivity (Wildman–Crippen MR) is 133 cm³/mol. The minimum atomic E-state index is -0.608. The summed E-state index contributed by atoms with van der Waals surface area (Å²) in [5, 5.41) is 11.8. The fourth-order valence-electron chi connectivity index (χ4n) is 4.19. The van der Waals surface area contributed by atoms with Crippen molar-refractivity contribution in [2.45, 2.75) is 51.7 Å². The number of hydrogen-bond acceptors (Lipinski definition) is 7. The second kappa shape index (κ2) is 8.61. The van der Waals surface area contributed by atoms with Gasteiger partial charge in [-0.1, -0.05) is 6.07 Å². The van der Waals surface area contributed by atoms with Gasteiger partial charge >= 0.3 is 6.09 Å². The smallest absolute Gasteiger partial charge is 0.412 e. The highest BCUT2D eigenvalue weighted by Gasteiger charge is 2.23. The summed E-state index contributed by atoms with van der Waals surface area (Å²) in [5.74, 6) is 0.852. The van der Waals surface area contributed by atoms with Gasteiger partial charge in [0.2, 0.25) is 0 Å². The van der Waals surface area contributed by atoms with Crippen LogP contribution >= 0.6 is 0 Å². The Bertz CT molecular complexity index is 1400. The van der Waals surface area contributed by atoms with Crippen LogP contribution in [0.2, 0.25) is 0 Å². The maximum absolute atomic E-state index is 12.3. The van der Waals surface area contributed by atoms with Crippen LogP contribution in [0.3, 0.4) is 0 Å².